The average molecular weight is 326 g/mol. The van der Waals surface area contributed by atoms with E-state index in [0.717, 1.165) is 18.4 Å². The molecule has 0 spiro atoms. The topological polar surface area (TPSA) is 62.6 Å². The molecule has 0 atom stereocenters. The van der Waals surface area contributed by atoms with Crippen molar-refractivity contribution >= 4 is 11.8 Å². The van der Waals surface area contributed by atoms with Crippen molar-refractivity contribution in [1.29, 1.82) is 0 Å². The molecular weight excluding hydrogens is 304 g/mol. The fourth-order valence-electron chi connectivity index (χ4n) is 2.60. The predicted molar refractivity (Wildman–Crippen MR) is 90.4 cm³/mol. The first-order valence-electron chi connectivity index (χ1n) is 8.30. The fraction of sp³-hybridized carbons (Fsp3) is 0.368. The zero-order chi connectivity index (χ0) is 16.9. The third kappa shape index (κ3) is 4.25. The van der Waals surface area contributed by atoms with Gasteiger partial charge in [-0.15, -0.1) is 0 Å². The molecule has 0 bridgehead atoms. The Morgan fingerprint density at radius 1 is 1.21 bits per heavy atom. The normalized spacial score (nSPS) is 13.5. The standard InChI is InChI=1S/C19H22N2O3/c1-14-17(10-12-24-14)19(23)21(13-15-5-3-2-4-6-15)11-9-18(22)20-16-7-8-16/h2-6,10,12,16H,7-9,11,13H2,1H3,(H,20,22). The maximum absolute atomic E-state index is 12.8. The van der Waals surface area contributed by atoms with Gasteiger partial charge >= 0.3 is 0 Å². The maximum Gasteiger partial charge on any atom is 0.257 e. The zero-order valence-corrected chi connectivity index (χ0v) is 13.8. The van der Waals surface area contributed by atoms with Gasteiger partial charge < -0.3 is 14.6 Å². The highest BCUT2D eigenvalue weighted by Crippen LogP contribution is 2.19. The molecule has 0 aliphatic heterocycles. The number of benzene rings is 1. The number of hydrogen-bond donors (Lipinski definition) is 1. The molecule has 5 nitrogen and oxygen atoms in total. The number of nitrogens with zero attached hydrogens (tertiary/aromatic N) is 1. The number of carbonyl (C=O) groups excluding carboxylic acids is 2. The lowest BCUT2D eigenvalue weighted by Crippen LogP contribution is -2.35. The quantitative estimate of drug-likeness (QED) is 0.851. The zero-order valence-electron chi connectivity index (χ0n) is 13.8. The Morgan fingerprint density at radius 3 is 2.58 bits per heavy atom. The monoisotopic (exact) mass is 326 g/mol. The van der Waals surface area contributed by atoms with Crippen LogP contribution in [0.3, 0.4) is 0 Å². The summed E-state index contributed by atoms with van der Waals surface area (Å²) < 4.78 is 5.25. The molecule has 1 aromatic heterocycles. The van der Waals surface area contributed by atoms with Crippen LogP contribution < -0.4 is 5.32 Å². The third-order valence-corrected chi connectivity index (χ3v) is 4.14. The molecule has 1 aliphatic rings. The van der Waals surface area contributed by atoms with Gasteiger partial charge in [0, 0.05) is 25.6 Å². The van der Waals surface area contributed by atoms with Crippen LogP contribution in [0.2, 0.25) is 0 Å². The number of rotatable bonds is 7. The molecule has 1 aliphatic carbocycles. The summed E-state index contributed by atoms with van der Waals surface area (Å²) in [7, 11) is 0. The summed E-state index contributed by atoms with van der Waals surface area (Å²) >= 11 is 0. The van der Waals surface area contributed by atoms with Crippen molar-refractivity contribution in [3.63, 3.8) is 0 Å². The van der Waals surface area contributed by atoms with Crippen molar-refractivity contribution in [2.45, 2.75) is 38.8 Å². The van der Waals surface area contributed by atoms with E-state index in [-0.39, 0.29) is 11.8 Å². The van der Waals surface area contributed by atoms with E-state index >= 15 is 0 Å². The molecule has 126 valence electrons. The van der Waals surface area contributed by atoms with Gasteiger partial charge in [0.05, 0.1) is 11.8 Å². The Kier molecular flexibility index (Phi) is 4.99. The highest BCUT2D eigenvalue weighted by molar-refractivity contribution is 5.95. The van der Waals surface area contributed by atoms with Crippen LogP contribution in [-0.4, -0.2) is 29.3 Å². The van der Waals surface area contributed by atoms with E-state index in [0.29, 0.717) is 36.9 Å². The Labute approximate surface area is 141 Å². The Hall–Kier alpha value is -2.56. The number of amides is 2. The van der Waals surface area contributed by atoms with E-state index in [2.05, 4.69) is 5.32 Å². The lowest BCUT2D eigenvalue weighted by molar-refractivity contribution is -0.121. The predicted octanol–water partition coefficient (Wildman–Crippen LogP) is 2.90. The number of aryl methyl sites for hydroxylation is 1. The SMILES string of the molecule is Cc1occc1C(=O)N(CCC(=O)NC1CC1)Cc1ccccc1. The number of furan rings is 1. The van der Waals surface area contributed by atoms with Gasteiger partial charge in [-0.1, -0.05) is 30.3 Å². The lowest BCUT2D eigenvalue weighted by Gasteiger charge is -2.22. The minimum atomic E-state index is -0.107. The average Bonchev–Trinajstić information content (AvgIpc) is 3.29. The number of hydrogen-bond acceptors (Lipinski definition) is 3. The van der Waals surface area contributed by atoms with Crippen LogP contribution in [0.1, 0.15) is 40.9 Å². The largest absolute Gasteiger partial charge is 0.469 e. The smallest absolute Gasteiger partial charge is 0.257 e. The summed E-state index contributed by atoms with van der Waals surface area (Å²) in [6, 6.07) is 11.8. The maximum atomic E-state index is 12.8. The van der Waals surface area contributed by atoms with E-state index in [1.54, 1.807) is 17.9 Å². The first-order chi connectivity index (χ1) is 11.6. The molecule has 24 heavy (non-hydrogen) atoms. The van der Waals surface area contributed by atoms with Crippen LogP contribution in [0.15, 0.2) is 47.1 Å². The van der Waals surface area contributed by atoms with Gasteiger partial charge in [-0.25, -0.2) is 0 Å². The van der Waals surface area contributed by atoms with Crippen molar-refractivity contribution in [3.8, 4) is 0 Å². The van der Waals surface area contributed by atoms with E-state index in [9.17, 15) is 9.59 Å². The van der Waals surface area contributed by atoms with E-state index in [1.807, 2.05) is 30.3 Å². The van der Waals surface area contributed by atoms with Gasteiger partial charge in [0.1, 0.15) is 5.76 Å². The molecule has 1 heterocycles. The molecule has 3 rings (SSSR count). The molecule has 2 amide bonds. The van der Waals surface area contributed by atoms with Crippen LogP contribution in [0.4, 0.5) is 0 Å². The molecule has 1 fully saturated rings. The third-order valence-electron chi connectivity index (χ3n) is 4.14. The minimum Gasteiger partial charge on any atom is -0.469 e. The molecule has 0 saturated heterocycles. The van der Waals surface area contributed by atoms with Crippen LogP contribution >= 0.6 is 0 Å². The molecule has 2 aromatic rings. The second-order valence-corrected chi connectivity index (χ2v) is 6.19. The van der Waals surface area contributed by atoms with Crippen molar-refractivity contribution in [2.75, 3.05) is 6.54 Å². The van der Waals surface area contributed by atoms with Gasteiger partial charge in [-0.05, 0) is 31.4 Å². The summed E-state index contributed by atoms with van der Waals surface area (Å²) in [5.74, 6) is 0.497. The van der Waals surface area contributed by atoms with Crippen LogP contribution in [-0.2, 0) is 11.3 Å². The highest BCUT2D eigenvalue weighted by atomic mass is 16.3. The number of carbonyl (C=O) groups is 2. The molecule has 1 N–H and O–H groups in total. The summed E-state index contributed by atoms with van der Waals surface area (Å²) in [6.07, 6.45) is 3.95. The summed E-state index contributed by atoms with van der Waals surface area (Å²) in [5, 5.41) is 2.96. The van der Waals surface area contributed by atoms with Crippen molar-refractivity contribution in [1.82, 2.24) is 10.2 Å². The van der Waals surface area contributed by atoms with E-state index in [4.69, 9.17) is 4.42 Å². The first kappa shape index (κ1) is 16.3. The van der Waals surface area contributed by atoms with Gasteiger partial charge in [-0.3, -0.25) is 9.59 Å². The van der Waals surface area contributed by atoms with Gasteiger partial charge in [0.2, 0.25) is 5.91 Å². The highest BCUT2D eigenvalue weighted by Gasteiger charge is 2.24. The van der Waals surface area contributed by atoms with E-state index < -0.39 is 0 Å². The molecule has 1 aromatic carbocycles. The molecular formula is C19H22N2O3. The Bertz CT molecular complexity index is 704. The molecule has 1 saturated carbocycles. The van der Waals surface area contributed by atoms with Gasteiger partial charge in [0.25, 0.3) is 5.91 Å². The molecule has 0 radical (unpaired) electrons. The minimum absolute atomic E-state index is 0.00674. The van der Waals surface area contributed by atoms with Crippen LogP contribution in [0, 0.1) is 6.92 Å². The van der Waals surface area contributed by atoms with Crippen LogP contribution in [0.25, 0.3) is 0 Å². The Morgan fingerprint density at radius 2 is 1.96 bits per heavy atom. The van der Waals surface area contributed by atoms with Crippen molar-refractivity contribution in [3.05, 3.63) is 59.5 Å². The lowest BCUT2D eigenvalue weighted by atomic mass is 10.1. The molecule has 0 unspecified atom stereocenters. The fourth-order valence-corrected chi connectivity index (χ4v) is 2.60. The number of nitrogens with one attached hydrogen (secondary N) is 1. The Balaban J connectivity index is 1.68. The second kappa shape index (κ2) is 7.34. The van der Waals surface area contributed by atoms with Crippen LogP contribution in [0.5, 0.6) is 0 Å². The van der Waals surface area contributed by atoms with Gasteiger partial charge in [0.15, 0.2) is 0 Å². The first-order valence-corrected chi connectivity index (χ1v) is 8.30. The second-order valence-electron chi connectivity index (χ2n) is 6.19. The van der Waals surface area contributed by atoms with Crippen molar-refractivity contribution in [2.24, 2.45) is 0 Å². The summed E-state index contributed by atoms with van der Waals surface area (Å²) in [6.45, 7) is 2.63. The summed E-state index contributed by atoms with van der Waals surface area (Å²) in [5.41, 5.74) is 1.59. The molecule has 5 heteroatoms. The van der Waals surface area contributed by atoms with Gasteiger partial charge in [-0.2, -0.15) is 0 Å². The van der Waals surface area contributed by atoms with E-state index in [1.165, 1.54) is 6.26 Å². The summed E-state index contributed by atoms with van der Waals surface area (Å²) in [4.78, 5) is 26.5. The van der Waals surface area contributed by atoms with Crippen molar-refractivity contribution < 1.29 is 14.0 Å².